The smallest absolute Gasteiger partial charge is 0.120 e. The minimum Gasteiger partial charge on any atom is -0.508 e. The topological polar surface area (TPSA) is 61.7 Å². The van der Waals surface area contributed by atoms with Gasteiger partial charge in [-0.15, -0.1) is 0 Å². The summed E-state index contributed by atoms with van der Waals surface area (Å²) in [5, 5.41) is 22.5. The number of nitrogens with one attached hydrogen (secondary N) is 1. The van der Waals surface area contributed by atoms with Crippen LogP contribution < -0.4 is 5.32 Å². The standard InChI is InChI=1S/C15H25NO3/c1-11(2)19-9-5-4-8-16-12(3)14-10-13(17)6-7-15(14)18/h6-7,10-12,16-18H,4-5,8-9H2,1-3H3. The molecule has 0 heterocycles. The zero-order chi connectivity index (χ0) is 14.3. The maximum absolute atomic E-state index is 9.74. The molecular weight excluding hydrogens is 242 g/mol. The van der Waals surface area contributed by atoms with Crippen molar-refractivity contribution in [3.63, 3.8) is 0 Å². The Balaban J connectivity index is 2.27. The molecule has 1 aromatic rings. The number of ether oxygens (including phenoxy) is 1. The predicted octanol–water partition coefficient (Wildman–Crippen LogP) is 2.95. The van der Waals surface area contributed by atoms with Crippen molar-refractivity contribution in [3.05, 3.63) is 23.8 Å². The Morgan fingerprint density at radius 2 is 1.89 bits per heavy atom. The van der Waals surface area contributed by atoms with Gasteiger partial charge in [0.25, 0.3) is 0 Å². The Hall–Kier alpha value is -1.26. The normalized spacial score (nSPS) is 12.8. The molecular formula is C15H25NO3. The van der Waals surface area contributed by atoms with Gasteiger partial charge in [-0.2, -0.15) is 0 Å². The minimum absolute atomic E-state index is 0.0121. The van der Waals surface area contributed by atoms with Gasteiger partial charge in [-0.1, -0.05) is 0 Å². The zero-order valence-electron chi connectivity index (χ0n) is 12.0. The van der Waals surface area contributed by atoms with Crippen molar-refractivity contribution in [1.29, 1.82) is 0 Å². The molecule has 4 heteroatoms. The van der Waals surface area contributed by atoms with Crippen LogP contribution in [0.2, 0.25) is 0 Å². The van der Waals surface area contributed by atoms with Gasteiger partial charge < -0.3 is 20.3 Å². The average molecular weight is 267 g/mol. The van der Waals surface area contributed by atoms with Crippen LogP contribution in [-0.4, -0.2) is 29.5 Å². The first-order valence-electron chi connectivity index (χ1n) is 6.87. The fraction of sp³-hybridized carbons (Fsp3) is 0.600. The van der Waals surface area contributed by atoms with Crippen LogP contribution in [0.4, 0.5) is 0 Å². The molecule has 0 fully saturated rings. The third-order valence-corrected chi connectivity index (χ3v) is 2.95. The molecule has 1 atom stereocenters. The first-order chi connectivity index (χ1) is 9.00. The molecule has 4 nitrogen and oxygen atoms in total. The van der Waals surface area contributed by atoms with Crippen LogP contribution >= 0.6 is 0 Å². The Morgan fingerprint density at radius 1 is 1.16 bits per heavy atom. The van der Waals surface area contributed by atoms with E-state index >= 15 is 0 Å². The Labute approximate surface area is 115 Å². The van der Waals surface area contributed by atoms with Gasteiger partial charge in [0.1, 0.15) is 11.5 Å². The lowest BCUT2D eigenvalue weighted by Crippen LogP contribution is -2.20. The maximum Gasteiger partial charge on any atom is 0.120 e. The summed E-state index contributed by atoms with van der Waals surface area (Å²) in [6.07, 6.45) is 2.33. The highest BCUT2D eigenvalue weighted by molar-refractivity contribution is 5.40. The van der Waals surface area contributed by atoms with Crippen LogP contribution in [0, 0.1) is 0 Å². The van der Waals surface area contributed by atoms with E-state index in [1.165, 1.54) is 12.1 Å². The number of hydrogen-bond acceptors (Lipinski definition) is 4. The molecule has 1 unspecified atom stereocenters. The van der Waals surface area contributed by atoms with E-state index in [0.29, 0.717) is 0 Å². The first-order valence-corrected chi connectivity index (χ1v) is 6.87. The Bertz CT molecular complexity index is 380. The van der Waals surface area contributed by atoms with Crippen molar-refractivity contribution in [1.82, 2.24) is 5.32 Å². The van der Waals surface area contributed by atoms with Gasteiger partial charge in [-0.25, -0.2) is 0 Å². The van der Waals surface area contributed by atoms with E-state index in [1.807, 2.05) is 20.8 Å². The number of benzene rings is 1. The molecule has 1 aromatic carbocycles. The molecule has 0 spiro atoms. The monoisotopic (exact) mass is 267 g/mol. The summed E-state index contributed by atoms with van der Waals surface area (Å²) < 4.78 is 5.47. The van der Waals surface area contributed by atoms with Gasteiger partial charge in [-0.05, 0) is 58.4 Å². The quantitative estimate of drug-likeness (QED) is 0.500. The van der Waals surface area contributed by atoms with Crippen molar-refractivity contribution in [3.8, 4) is 11.5 Å². The zero-order valence-corrected chi connectivity index (χ0v) is 12.0. The molecule has 0 aliphatic heterocycles. The molecule has 0 aliphatic carbocycles. The van der Waals surface area contributed by atoms with Gasteiger partial charge in [0.2, 0.25) is 0 Å². The van der Waals surface area contributed by atoms with E-state index in [-0.39, 0.29) is 23.6 Å². The van der Waals surface area contributed by atoms with Gasteiger partial charge in [0.05, 0.1) is 6.10 Å². The summed E-state index contributed by atoms with van der Waals surface area (Å²) in [6.45, 7) is 7.68. The third kappa shape index (κ3) is 5.94. The molecule has 0 bridgehead atoms. The second kappa shape index (κ2) is 8.02. The number of hydrogen-bond donors (Lipinski definition) is 3. The molecule has 0 aromatic heterocycles. The second-order valence-electron chi connectivity index (χ2n) is 5.05. The predicted molar refractivity (Wildman–Crippen MR) is 76.5 cm³/mol. The van der Waals surface area contributed by atoms with Crippen molar-refractivity contribution >= 4 is 0 Å². The molecule has 108 valence electrons. The fourth-order valence-electron chi connectivity index (χ4n) is 1.86. The lowest BCUT2D eigenvalue weighted by Gasteiger charge is -2.16. The highest BCUT2D eigenvalue weighted by atomic mass is 16.5. The van der Waals surface area contributed by atoms with E-state index in [9.17, 15) is 10.2 Å². The van der Waals surface area contributed by atoms with Crippen molar-refractivity contribution in [2.24, 2.45) is 0 Å². The number of phenols is 2. The molecule has 1 rings (SSSR count). The summed E-state index contributed by atoms with van der Waals surface area (Å²) in [5.41, 5.74) is 0.721. The van der Waals surface area contributed by atoms with E-state index in [2.05, 4.69) is 5.32 Å². The lowest BCUT2D eigenvalue weighted by molar-refractivity contribution is 0.0759. The average Bonchev–Trinajstić information content (AvgIpc) is 2.36. The second-order valence-corrected chi connectivity index (χ2v) is 5.05. The van der Waals surface area contributed by atoms with E-state index in [1.54, 1.807) is 6.07 Å². The van der Waals surface area contributed by atoms with Crippen LogP contribution in [0.15, 0.2) is 18.2 Å². The molecule has 3 N–H and O–H groups in total. The number of unbranched alkanes of at least 4 members (excludes halogenated alkanes) is 1. The first kappa shape index (κ1) is 15.8. The molecule has 19 heavy (non-hydrogen) atoms. The highest BCUT2D eigenvalue weighted by Gasteiger charge is 2.10. The number of phenolic OH excluding ortho intramolecular Hbond substituents is 2. The molecule has 0 aliphatic rings. The van der Waals surface area contributed by atoms with E-state index < -0.39 is 0 Å². The van der Waals surface area contributed by atoms with Crippen molar-refractivity contribution in [2.75, 3.05) is 13.2 Å². The highest BCUT2D eigenvalue weighted by Crippen LogP contribution is 2.27. The summed E-state index contributed by atoms with van der Waals surface area (Å²) in [6, 6.07) is 4.60. The van der Waals surface area contributed by atoms with Gasteiger partial charge >= 0.3 is 0 Å². The third-order valence-electron chi connectivity index (χ3n) is 2.95. The maximum atomic E-state index is 9.74. The molecule has 0 saturated carbocycles. The van der Waals surface area contributed by atoms with Gasteiger partial charge in [-0.3, -0.25) is 0 Å². The van der Waals surface area contributed by atoms with Crippen LogP contribution in [0.25, 0.3) is 0 Å². The summed E-state index contributed by atoms with van der Waals surface area (Å²) in [7, 11) is 0. The Morgan fingerprint density at radius 3 is 2.58 bits per heavy atom. The summed E-state index contributed by atoms with van der Waals surface area (Å²) >= 11 is 0. The van der Waals surface area contributed by atoms with Crippen LogP contribution in [0.1, 0.15) is 45.2 Å². The largest absolute Gasteiger partial charge is 0.508 e. The summed E-state index contributed by atoms with van der Waals surface area (Å²) in [5.74, 6) is 0.382. The number of rotatable bonds is 8. The van der Waals surface area contributed by atoms with Crippen LogP contribution in [0.3, 0.4) is 0 Å². The van der Waals surface area contributed by atoms with Crippen LogP contribution in [0.5, 0.6) is 11.5 Å². The fourth-order valence-corrected chi connectivity index (χ4v) is 1.86. The van der Waals surface area contributed by atoms with E-state index in [4.69, 9.17) is 4.74 Å². The Kier molecular flexibility index (Phi) is 6.67. The summed E-state index contributed by atoms with van der Waals surface area (Å²) in [4.78, 5) is 0. The van der Waals surface area contributed by atoms with Crippen LogP contribution in [-0.2, 0) is 4.74 Å². The lowest BCUT2D eigenvalue weighted by atomic mass is 10.1. The van der Waals surface area contributed by atoms with E-state index in [0.717, 1.165) is 31.6 Å². The van der Waals surface area contributed by atoms with Gasteiger partial charge in [0, 0.05) is 18.2 Å². The van der Waals surface area contributed by atoms with Gasteiger partial charge in [0.15, 0.2) is 0 Å². The van der Waals surface area contributed by atoms with Crippen molar-refractivity contribution in [2.45, 2.75) is 45.8 Å². The molecule has 0 saturated heterocycles. The molecule has 0 radical (unpaired) electrons. The molecule has 0 amide bonds. The number of aromatic hydroxyl groups is 2. The SMILES string of the molecule is CC(C)OCCCCNC(C)c1cc(O)ccc1O. The van der Waals surface area contributed by atoms with Crippen molar-refractivity contribution < 1.29 is 14.9 Å². The minimum atomic E-state index is 0.0121.